The molecule has 0 aromatic carbocycles. The third-order valence-corrected chi connectivity index (χ3v) is 2.18. The molecule has 0 amide bonds. The van der Waals surface area contributed by atoms with Crippen LogP contribution in [0.15, 0.2) is 17.5 Å². The normalized spacial score (nSPS) is 10.8. The molecule has 1 aromatic rings. The number of aliphatic hydroxyl groups is 1. The van der Waals surface area contributed by atoms with Crippen molar-refractivity contribution >= 4 is 23.4 Å². The van der Waals surface area contributed by atoms with Gasteiger partial charge in [-0.2, -0.15) is 0 Å². The molecular formula is C8H8O3S. The summed E-state index contributed by atoms with van der Waals surface area (Å²) in [7, 11) is 0. The zero-order chi connectivity index (χ0) is 8.97. The van der Waals surface area contributed by atoms with E-state index in [0.29, 0.717) is 4.88 Å². The van der Waals surface area contributed by atoms with Crippen molar-refractivity contribution in [2.45, 2.75) is 0 Å². The van der Waals surface area contributed by atoms with E-state index in [0.717, 1.165) is 0 Å². The van der Waals surface area contributed by atoms with Crippen molar-refractivity contribution in [3.8, 4) is 0 Å². The predicted octanol–water partition coefficient (Wildman–Crippen LogP) is 1.45. The average molecular weight is 184 g/mol. The van der Waals surface area contributed by atoms with E-state index in [1.165, 1.54) is 17.4 Å². The Morgan fingerprint density at radius 1 is 1.67 bits per heavy atom. The topological polar surface area (TPSA) is 57.5 Å². The fraction of sp³-hybridized carbons (Fsp3) is 0.125. The summed E-state index contributed by atoms with van der Waals surface area (Å²) < 4.78 is 0. The Balaban J connectivity index is 2.91. The fourth-order valence-electron chi connectivity index (χ4n) is 0.786. The van der Waals surface area contributed by atoms with Crippen LogP contribution in [-0.4, -0.2) is 22.8 Å². The minimum absolute atomic E-state index is 0.0725. The summed E-state index contributed by atoms with van der Waals surface area (Å²) in [6.45, 7) is -0.0725. The zero-order valence-electron chi connectivity index (χ0n) is 6.23. The second kappa shape index (κ2) is 4.04. The highest BCUT2D eigenvalue weighted by Crippen LogP contribution is 2.18. The molecule has 0 aliphatic heterocycles. The summed E-state index contributed by atoms with van der Waals surface area (Å²) >= 11 is 1.34. The third kappa shape index (κ3) is 1.93. The molecule has 0 spiro atoms. The minimum Gasteiger partial charge on any atom is -0.478 e. The first-order chi connectivity index (χ1) is 5.75. The average Bonchev–Trinajstić information content (AvgIpc) is 2.48. The maximum atomic E-state index is 10.6. The van der Waals surface area contributed by atoms with Crippen LogP contribution in [0.25, 0.3) is 6.08 Å². The molecule has 0 radical (unpaired) electrons. The van der Waals surface area contributed by atoms with Crippen LogP contribution in [0.3, 0.4) is 0 Å². The quantitative estimate of drug-likeness (QED) is 0.747. The molecule has 0 unspecified atom stereocenters. The van der Waals surface area contributed by atoms with Gasteiger partial charge in [0.05, 0.1) is 12.2 Å². The first-order valence-corrected chi connectivity index (χ1v) is 4.22. The van der Waals surface area contributed by atoms with Gasteiger partial charge in [0.15, 0.2) is 0 Å². The number of hydrogen-bond acceptors (Lipinski definition) is 3. The van der Waals surface area contributed by atoms with Crippen molar-refractivity contribution in [1.29, 1.82) is 0 Å². The van der Waals surface area contributed by atoms with Gasteiger partial charge in [0, 0.05) is 4.88 Å². The molecule has 1 heterocycles. The maximum absolute atomic E-state index is 10.6. The van der Waals surface area contributed by atoms with Gasteiger partial charge < -0.3 is 10.2 Å². The van der Waals surface area contributed by atoms with Crippen molar-refractivity contribution in [3.05, 3.63) is 28.0 Å². The van der Waals surface area contributed by atoms with E-state index in [4.69, 9.17) is 10.2 Å². The van der Waals surface area contributed by atoms with E-state index in [9.17, 15) is 4.79 Å². The lowest BCUT2D eigenvalue weighted by Crippen LogP contribution is -1.94. The lowest BCUT2D eigenvalue weighted by atomic mass is 10.2. The number of hydrogen-bond donors (Lipinski definition) is 2. The van der Waals surface area contributed by atoms with Gasteiger partial charge >= 0.3 is 5.97 Å². The van der Waals surface area contributed by atoms with Crippen molar-refractivity contribution < 1.29 is 15.0 Å². The van der Waals surface area contributed by atoms with Crippen LogP contribution in [0.5, 0.6) is 0 Å². The molecule has 0 saturated heterocycles. The second-order valence-corrected chi connectivity index (χ2v) is 3.04. The van der Waals surface area contributed by atoms with Crippen LogP contribution in [0, 0.1) is 0 Å². The van der Waals surface area contributed by atoms with Gasteiger partial charge in [0.1, 0.15) is 0 Å². The highest BCUT2D eigenvalue weighted by molar-refractivity contribution is 7.11. The summed E-state index contributed by atoms with van der Waals surface area (Å²) in [5.41, 5.74) is 0.282. The third-order valence-electron chi connectivity index (χ3n) is 1.30. The Labute approximate surface area is 73.6 Å². The molecule has 0 aliphatic carbocycles. The van der Waals surface area contributed by atoms with E-state index < -0.39 is 5.97 Å². The SMILES string of the molecule is O=C(O)c1ccsc1C=CCO. The summed E-state index contributed by atoms with van der Waals surface area (Å²) in [6, 6.07) is 1.55. The first kappa shape index (κ1) is 8.96. The van der Waals surface area contributed by atoms with Crippen LogP contribution in [0.2, 0.25) is 0 Å². The van der Waals surface area contributed by atoms with Crippen molar-refractivity contribution in [2.75, 3.05) is 6.61 Å². The fourth-order valence-corrected chi connectivity index (χ4v) is 1.59. The Morgan fingerprint density at radius 2 is 2.42 bits per heavy atom. The summed E-state index contributed by atoms with van der Waals surface area (Å²) in [5.74, 6) is -0.936. The molecular weight excluding hydrogens is 176 g/mol. The van der Waals surface area contributed by atoms with Crippen LogP contribution in [0.1, 0.15) is 15.2 Å². The molecule has 1 rings (SSSR count). The molecule has 0 bridgehead atoms. The number of aromatic carboxylic acids is 1. The highest BCUT2D eigenvalue weighted by Gasteiger charge is 2.07. The number of carboxylic acids is 1. The molecule has 12 heavy (non-hydrogen) atoms. The number of aliphatic hydroxyl groups excluding tert-OH is 1. The highest BCUT2D eigenvalue weighted by atomic mass is 32.1. The van der Waals surface area contributed by atoms with Crippen LogP contribution in [-0.2, 0) is 0 Å². The predicted molar refractivity (Wildman–Crippen MR) is 47.4 cm³/mol. The monoisotopic (exact) mass is 184 g/mol. The number of carbonyl (C=O) groups is 1. The van der Waals surface area contributed by atoms with Crippen LogP contribution in [0.4, 0.5) is 0 Å². The van der Waals surface area contributed by atoms with E-state index in [1.807, 2.05) is 0 Å². The Hall–Kier alpha value is -1.13. The van der Waals surface area contributed by atoms with Gasteiger partial charge in [-0.3, -0.25) is 0 Å². The Morgan fingerprint density at radius 3 is 3.00 bits per heavy atom. The Bertz CT molecular complexity index is 301. The standard InChI is InChI=1S/C8H8O3S/c9-4-1-2-7-6(8(10)11)3-5-12-7/h1-3,5,9H,4H2,(H,10,11). The Kier molecular flexibility index (Phi) is 3.01. The van der Waals surface area contributed by atoms with Crippen molar-refractivity contribution in [3.63, 3.8) is 0 Å². The number of rotatable bonds is 3. The molecule has 0 saturated carbocycles. The van der Waals surface area contributed by atoms with E-state index in [2.05, 4.69) is 0 Å². The maximum Gasteiger partial charge on any atom is 0.337 e. The smallest absolute Gasteiger partial charge is 0.337 e. The van der Waals surface area contributed by atoms with Gasteiger partial charge in [-0.15, -0.1) is 11.3 Å². The zero-order valence-corrected chi connectivity index (χ0v) is 7.04. The molecule has 3 nitrogen and oxygen atoms in total. The van der Waals surface area contributed by atoms with Gasteiger partial charge in [-0.25, -0.2) is 4.79 Å². The number of thiophene rings is 1. The summed E-state index contributed by atoms with van der Waals surface area (Å²) in [4.78, 5) is 11.2. The van der Waals surface area contributed by atoms with Crippen LogP contribution >= 0.6 is 11.3 Å². The summed E-state index contributed by atoms with van der Waals surface area (Å²) in [5, 5.41) is 18.8. The molecule has 0 fully saturated rings. The lowest BCUT2D eigenvalue weighted by Gasteiger charge is -1.90. The van der Waals surface area contributed by atoms with Gasteiger partial charge in [-0.1, -0.05) is 6.08 Å². The molecule has 64 valence electrons. The molecule has 0 atom stereocenters. The van der Waals surface area contributed by atoms with Crippen molar-refractivity contribution in [1.82, 2.24) is 0 Å². The lowest BCUT2D eigenvalue weighted by molar-refractivity contribution is 0.0697. The van der Waals surface area contributed by atoms with Crippen molar-refractivity contribution in [2.24, 2.45) is 0 Å². The van der Waals surface area contributed by atoms with Gasteiger partial charge in [0.25, 0.3) is 0 Å². The van der Waals surface area contributed by atoms with Gasteiger partial charge in [-0.05, 0) is 17.5 Å². The van der Waals surface area contributed by atoms with Crippen LogP contribution < -0.4 is 0 Å². The largest absolute Gasteiger partial charge is 0.478 e. The molecule has 1 aromatic heterocycles. The molecule has 0 aliphatic rings. The molecule has 2 N–H and O–H groups in total. The first-order valence-electron chi connectivity index (χ1n) is 3.34. The van der Waals surface area contributed by atoms with E-state index >= 15 is 0 Å². The number of carboxylic acid groups (broad SMARTS) is 1. The van der Waals surface area contributed by atoms with Gasteiger partial charge in [0.2, 0.25) is 0 Å². The minimum atomic E-state index is -0.936. The van der Waals surface area contributed by atoms with E-state index in [-0.39, 0.29) is 12.2 Å². The summed E-state index contributed by atoms with van der Waals surface area (Å²) in [6.07, 6.45) is 3.12. The second-order valence-electron chi connectivity index (χ2n) is 2.09. The molecule has 4 heteroatoms. The van der Waals surface area contributed by atoms with E-state index in [1.54, 1.807) is 17.5 Å².